The van der Waals surface area contributed by atoms with Gasteiger partial charge in [-0.05, 0) is 63.7 Å². The molecular formula is C44H86B6N6. The van der Waals surface area contributed by atoms with Crippen molar-refractivity contribution in [2.45, 2.75) is 188 Å². The Balaban J connectivity index is -0.000000332. The molecule has 2 saturated heterocycles. The standard InChI is InChI=1S/2C14H19BN3.4C2H6B.4C2H6/c2*1-15-10-13-16-12-7-5-6-11(12)14(17-13)18-8-3-2-4-9-18;4*1-3-2;4*1-2/h5,7H,2-4,6,8-10H2,1H3;5-6H,2-4,7-10H2,1H3;4*1-2H3;4*1-2H3. The monoisotopic (exact) mass is 765 g/mol. The number of hydrogen-bond acceptors (Lipinski definition) is 6. The molecule has 0 bridgehead atoms. The normalized spacial score (nSPS) is 13.0. The third-order valence-electron chi connectivity index (χ3n) is 7.39. The smallest absolute Gasteiger partial charge is 0.139 e. The van der Waals surface area contributed by atoms with Crippen LogP contribution < -0.4 is 9.80 Å². The number of anilines is 2. The van der Waals surface area contributed by atoms with E-state index >= 15 is 0 Å². The number of rotatable bonds is 6. The van der Waals surface area contributed by atoms with Gasteiger partial charge < -0.3 is 9.80 Å². The molecule has 2 aliphatic carbocycles. The van der Waals surface area contributed by atoms with E-state index in [1.807, 2.05) is 139 Å². The van der Waals surface area contributed by atoms with Gasteiger partial charge in [-0.25, -0.2) is 19.9 Å². The Morgan fingerprint density at radius 1 is 0.464 bits per heavy atom. The average molecular weight is 764 g/mol. The Morgan fingerprint density at radius 3 is 1.27 bits per heavy atom. The van der Waals surface area contributed by atoms with Crippen LogP contribution in [0.3, 0.4) is 0 Å². The maximum absolute atomic E-state index is 4.80. The first-order valence-corrected chi connectivity index (χ1v) is 22.6. The van der Waals surface area contributed by atoms with Gasteiger partial charge >= 0.3 is 0 Å². The second-order valence-electron chi connectivity index (χ2n) is 12.5. The SMILES string of the molecule is CC.CC.CC.CC.C[B]C.C[B]C.C[B]C.C[B]C.C[B]Cc1nc2c(c(N3CCCCC3)n1)C=CC2.C[B]Cc1nc2c(c(N3CCCCC3)n1)CC=C2. The van der Waals surface area contributed by atoms with Crippen molar-refractivity contribution in [1.82, 2.24) is 19.9 Å². The summed E-state index contributed by atoms with van der Waals surface area (Å²) in [6.07, 6.45) is 20.3. The lowest BCUT2D eigenvalue weighted by molar-refractivity contribution is 0.571. The zero-order chi connectivity index (χ0) is 43.6. The predicted octanol–water partition coefficient (Wildman–Crippen LogP) is 11.8. The molecule has 0 N–H and O–H groups in total. The van der Waals surface area contributed by atoms with Gasteiger partial charge in [0.15, 0.2) is 0 Å². The summed E-state index contributed by atoms with van der Waals surface area (Å²) < 4.78 is 0. The van der Waals surface area contributed by atoms with Gasteiger partial charge in [-0.2, -0.15) is 0 Å². The number of hydrogen-bond donors (Lipinski definition) is 0. The van der Waals surface area contributed by atoms with Crippen molar-refractivity contribution < 1.29 is 0 Å². The van der Waals surface area contributed by atoms with Crippen molar-refractivity contribution in [2.24, 2.45) is 0 Å². The van der Waals surface area contributed by atoms with Gasteiger partial charge in [0, 0.05) is 43.7 Å². The van der Waals surface area contributed by atoms with Crippen LogP contribution in [-0.4, -0.2) is 89.8 Å². The fraction of sp³-hybridized carbons (Fsp3) is 0.727. The topological polar surface area (TPSA) is 58.0 Å². The van der Waals surface area contributed by atoms with Crippen molar-refractivity contribution in [2.75, 3.05) is 36.0 Å². The van der Waals surface area contributed by atoms with Gasteiger partial charge in [-0.3, -0.25) is 0 Å². The zero-order valence-electron chi connectivity index (χ0n) is 40.4. The third-order valence-corrected chi connectivity index (χ3v) is 7.39. The maximum Gasteiger partial charge on any atom is 0.139 e. The lowest BCUT2D eigenvalue weighted by Crippen LogP contribution is -2.31. The highest BCUT2D eigenvalue weighted by atomic mass is 15.2. The van der Waals surface area contributed by atoms with E-state index in [1.54, 1.807) is 0 Å². The summed E-state index contributed by atoms with van der Waals surface area (Å²) in [6, 6.07) is 0. The van der Waals surface area contributed by atoms with E-state index in [4.69, 9.17) is 9.97 Å². The number of allylic oxidation sites excluding steroid dienone is 2. The summed E-state index contributed by atoms with van der Waals surface area (Å²) in [6.45, 7) is 40.7. The summed E-state index contributed by atoms with van der Waals surface area (Å²) in [5, 5.41) is 0. The Bertz CT molecular complexity index is 1180. The van der Waals surface area contributed by atoms with Crippen LogP contribution in [0.25, 0.3) is 12.2 Å². The lowest BCUT2D eigenvalue weighted by Gasteiger charge is -2.29. The molecule has 6 radical (unpaired) electrons. The lowest BCUT2D eigenvalue weighted by atomic mass is 9.78. The summed E-state index contributed by atoms with van der Waals surface area (Å²) in [5.41, 5.74) is 4.94. The molecule has 0 atom stereocenters. The number of aromatic nitrogens is 4. The van der Waals surface area contributed by atoms with E-state index in [9.17, 15) is 0 Å². The van der Waals surface area contributed by atoms with Gasteiger partial charge in [0.2, 0.25) is 0 Å². The second kappa shape index (κ2) is 45.3. The first kappa shape index (κ1) is 60.3. The number of fused-ring (bicyclic) bond motifs is 2. The summed E-state index contributed by atoms with van der Waals surface area (Å²) in [4.78, 5) is 23.8. The van der Waals surface area contributed by atoms with Crippen molar-refractivity contribution in [1.29, 1.82) is 0 Å². The minimum absolute atomic E-state index is 0.863. The average Bonchev–Trinajstić information content (AvgIpc) is 3.93. The van der Waals surface area contributed by atoms with Crippen molar-refractivity contribution in [3.8, 4) is 0 Å². The first-order valence-electron chi connectivity index (χ1n) is 22.6. The Kier molecular flexibility index (Phi) is 48.8. The fourth-order valence-electron chi connectivity index (χ4n) is 5.59. The molecule has 2 fully saturated rings. The molecule has 4 aliphatic rings. The van der Waals surface area contributed by atoms with Gasteiger partial charge in [-0.1, -0.05) is 142 Å². The third kappa shape index (κ3) is 25.8. The Morgan fingerprint density at radius 2 is 0.839 bits per heavy atom. The largest absolute Gasteiger partial charge is 0.356 e. The van der Waals surface area contributed by atoms with Crippen LogP contribution in [0.5, 0.6) is 0 Å². The molecule has 0 spiro atoms. The van der Waals surface area contributed by atoms with Gasteiger partial charge in [0.05, 0.1) is 11.4 Å². The minimum Gasteiger partial charge on any atom is -0.356 e. The molecule has 4 heterocycles. The summed E-state index contributed by atoms with van der Waals surface area (Å²) in [7, 11) is 12.3. The highest BCUT2D eigenvalue weighted by Gasteiger charge is 2.22. The Labute approximate surface area is 356 Å². The molecule has 0 unspecified atom stereocenters. The molecule has 0 saturated carbocycles. The molecule has 2 aromatic rings. The van der Waals surface area contributed by atoms with E-state index in [1.165, 1.54) is 67.0 Å². The van der Waals surface area contributed by atoms with E-state index in [0.29, 0.717) is 0 Å². The van der Waals surface area contributed by atoms with Crippen LogP contribution >= 0.6 is 0 Å². The summed E-state index contributed by atoms with van der Waals surface area (Å²) >= 11 is 0. The molecular weight excluding hydrogens is 677 g/mol. The highest BCUT2D eigenvalue weighted by molar-refractivity contribution is 6.33. The van der Waals surface area contributed by atoms with Gasteiger partial charge in [0.1, 0.15) is 67.0 Å². The van der Waals surface area contributed by atoms with Crippen LogP contribution in [0.4, 0.5) is 11.6 Å². The van der Waals surface area contributed by atoms with Crippen molar-refractivity contribution in [3.63, 3.8) is 0 Å². The minimum atomic E-state index is 0.863. The molecule has 56 heavy (non-hydrogen) atoms. The number of piperidine rings is 2. The van der Waals surface area contributed by atoms with Gasteiger partial charge in [0.25, 0.3) is 0 Å². The van der Waals surface area contributed by atoms with E-state index < -0.39 is 0 Å². The van der Waals surface area contributed by atoms with E-state index in [-0.39, 0.29) is 0 Å². The van der Waals surface area contributed by atoms with Crippen molar-refractivity contribution >= 4 is 67.5 Å². The van der Waals surface area contributed by atoms with Crippen LogP contribution in [0.2, 0.25) is 68.2 Å². The molecule has 310 valence electrons. The van der Waals surface area contributed by atoms with E-state index in [0.717, 1.165) is 69.0 Å². The molecule has 2 aliphatic heterocycles. The zero-order valence-corrected chi connectivity index (χ0v) is 40.4. The highest BCUT2D eigenvalue weighted by Crippen LogP contribution is 2.30. The molecule has 6 rings (SSSR count). The summed E-state index contributed by atoms with van der Waals surface area (Å²) in [5.74, 6) is 4.30. The van der Waals surface area contributed by atoms with E-state index in [2.05, 4.69) is 72.3 Å². The quantitative estimate of drug-likeness (QED) is 0.273. The number of nitrogens with zero attached hydrogens (tertiary/aromatic N) is 6. The Hall–Kier alpha value is -2.37. The fourth-order valence-corrected chi connectivity index (χ4v) is 5.59. The molecule has 2 aromatic heterocycles. The first-order chi connectivity index (χ1) is 27.4. The molecule has 12 heteroatoms. The van der Waals surface area contributed by atoms with Crippen LogP contribution in [0.15, 0.2) is 12.2 Å². The molecule has 0 aromatic carbocycles. The predicted molar refractivity (Wildman–Crippen MR) is 268 cm³/mol. The van der Waals surface area contributed by atoms with Crippen molar-refractivity contribution in [3.05, 3.63) is 46.3 Å². The van der Waals surface area contributed by atoms with Crippen LogP contribution in [0.1, 0.15) is 128 Å². The molecule has 6 nitrogen and oxygen atoms in total. The second-order valence-corrected chi connectivity index (χ2v) is 12.5. The maximum atomic E-state index is 4.80. The van der Waals surface area contributed by atoms with Crippen LogP contribution in [0, 0.1) is 0 Å². The molecule has 0 amide bonds. The van der Waals surface area contributed by atoms with Crippen LogP contribution in [-0.2, 0) is 25.5 Å². The van der Waals surface area contributed by atoms with Gasteiger partial charge in [-0.15, -0.1) is 0 Å².